The van der Waals surface area contributed by atoms with Crippen LogP contribution in [-0.2, 0) is 9.53 Å². The molecule has 13 heavy (non-hydrogen) atoms. The van der Waals surface area contributed by atoms with E-state index in [-0.39, 0.29) is 6.61 Å². The topological polar surface area (TPSA) is 64.3 Å². The van der Waals surface area contributed by atoms with Crippen molar-refractivity contribution >= 4 is 5.91 Å². The normalized spacial score (nSPS) is 13.9. The van der Waals surface area contributed by atoms with E-state index in [1.807, 2.05) is 5.32 Å². The zero-order chi connectivity index (χ0) is 10.5. The van der Waals surface area contributed by atoms with Crippen molar-refractivity contribution < 1.29 is 22.7 Å². The number of rotatable bonds is 4. The molecule has 0 aromatic heterocycles. The van der Waals surface area contributed by atoms with Gasteiger partial charge in [-0.3, -0.25) is 4.79 Å². The average Bonchev–Trinajstić information content (AvgIpc) is 1.99. The summed E-state index contributed by atoms with van der Waals surface area (Å²) >= 11 is 0. The Labute approximate surface area is 73.2 Å². The summed E-state index contributed by atoms with van der Waals surface area (Å²) in [5.41, 5.74) is 4.71. The van der Waals surface area contributed by atoms with Crippen LogP contribution in [0.5, 0.6) is 0 Å². The molecule has 0 saturated heterocycles. The summed E-state index contributed by atoms with van der Waals surface area (Å²) in [6.45, 7) is -0.906. The molecule has 1 amide bonds. The lowest BCUT2D eigenvalue weighted by molar-refractivity contribution is -0.148. The molecule has 0 radical (unpaired) electrons. The second-order valence-electron chi connectivity index (χ2n) is 2.39. The third-order valence-electron chi connectivity index (χ3n) is 1.22. The average molecular weight is 200 g/mol. The monoisotopic (exact) mass is 200 g/mol. The number of nitrogens with two attached hydrogens (primary N) is 1. The molecule has 7 heteroatoms. The van der Waals surface area contributed by atoms with Crippen molar-refractivity contribution in [1.29, 1.82) is 0 Å². The molecular weight excluding hydrogens is 189 g/mol. The molecule has 3 N–H and O–H groups in total. The quantitative estimate of drug-likeness (QED) is 0.651. The molecule has 0 saturated carbocycles. The molecule has 4 nitrogen and oxygen atoms in total. The summed E-state index contributed by atoms with van der Waals surface area (Å²) in [6.07, 6.45) is -4.49. The van der Waals surface area contributed by atoms with Crippen LogP contribution in [0, 0.1) is 0 Å². The van der Waals surface area contributed by atoms with Crippen molar-refractivity contribution in [2.75, 3.05) is 20.3 Å². The Morgan fingerprint density at radius 3 is 2.54 bits per heavy atom. The Bertz CT molecular complexity index is 172. The van der Waals surface area contributed by atoms with Gasteiger partial charge in [0.15, 0.2) is 0 Å². The van der Waals surface area contributed by atoms with Crippen molar-refractivity contribution in [2.24, 2.45) is 5.73 Å². The number of ether oxygens (including phenoxy) is 1. The Kier molecular flexibility index (Phi) is 4.71. The van der Waals surface area contributed by atoms with Crippen molar-refractivity contribution in [3.63, 3.8) is 0 Å². The first-order valence-corrected chi connectivity index (χ1v) is 3.46. The summed E-state index contributed by atoms with van der Waals surface area (Å²) < 4.78 is 39.7. The van der Waals surface area contributed by atoms with Gasteiger partial charge in [0, 0.05) is 13.7 Å². The highest BCUT2D eigenvalue weighted by Crippen LogP contribution is 2.17. The lowest BCUT2D eigenvalue weighted by Crippen LogP contribution is -2.47. The molecule has 0 rings (SSSR count). The lowest BCUT2D eigenvalue weighted by atomic mass is 10.3. The van der Waals surface area contributed by atoms with E-state index in [0.717, 1.165) is 0 Å². The van der Waals surface area contributed by atoms with Gasteiger partial charge in [-0.25, -0.2) is 0 Å². The van der Waals surface area contributed by atoms with Crippen LogP contribution in [0.4, 0.5) is 13.2 Å². The van der Waals surface area contributed by atoms with Crippen LogP contribution >= 0.6 is 0 Å². The Balaban J connectivity index is 3.70. The minimum Gasteiger partial charge on any atom is -0.375 e. The highest BCUT2D eigenvalue weighted by Gasteiger charge is 2.36. The van der Waals surface area contributed by atoms with E-state index in [9.17, 15) is 18.0 Å². The van der Waals surface area contributed by atoms with E-state index < -0.39 is 24.7 Å². The molecular formula is C6H11F3N2O2. The molecule has 0 aliphatic rings. The molecule has 0 aromatic carbocycles. The fourth-order valence-electron chi connectivity index (χ4n) is 0.522. The van der Waals surface area contributed by atoms with Crippen molar-refractivity contribution in [1.82, 2.24) is 5.32 Å². The van der Waals surface area contributed by atoms with Gasteiger partial charge in [-0.15, -0.1) is 0 Å². The number of carbonyl (C=O) groups is 1. The van der Waals surface area contributed by atoms with Crippen molar-refractivity contribution in [3.05, 3.63) is 0 Å². The summed E-state index contributed by atoms with van der Waals surface area (Å²) in [7, 11) is 1.27. The van der Waals surface area contributed by atoms with Crippen LogP contribution in [0.3, 0.4) is 0 Å². The fourth-order valence-corrected chi connectivity index (χ4v) is 0.522. The van der Waals surface area contributed by atoms with Gasteiger partial charge in [0.05, 0.1) is 0 Å². The number of hydrogen-bond acceptors (Lipinski definition) is 3. The van der Waals surface area contributed by atoms with E-state index in [4.69, 9.17) is 5.73 Å². The van der Waals surface area contributed by atoms with Gasteiger partial charge in [-0.2, -0.15) is 13.2 Å². The number of amides is 1. The van der Waals surface area contributed by atoms with E-state index in [0.29, 0.717) is 0 Å². The summed E-state index contributed by atoms with van der Waals surface area (Å²) in [4.78, 5) is 10.6. The molecule has 0 aliphatic heterocycles. The molecule has 0 aromatic rings. The maximum absolute atomic E-state index is 11.8. The van der Waals surface area contributed by atoms with Crippen LogP contribution in [0.15, 0.2) is 0 Å². The zero-order valence-electron chi connectivity index (χ0n) is 7.02. The van der Waals surface area contributed by atoms with Crippen LogP contribution < -0.4 is 11.1 Å². The van der Waals surface area contributed by atoms with Gasteiger partial charge in [0.2, 0.25) is 5.91 Å². The minimum absolute atomic E-state index is 0.273. The van der Waals surface area contributed by atoms with E-state index >= 15 is 0 Å². The highest BCUT2D eigenvalue weighted by molar-refractivity contribution is 5.77. The summed E-state index contributed by atoms with van der Waals surface area (Å²) in [5.74, 6) is -0.623. The SMILES string of the molecule is COCC(=O)NCC(N)C(F)(F)F. The second-order valence-corrected chi connectivity index (χ2v) is 2.39. The van der Waals surface area contributed by atoms with Gasteiger partial charge in [-0.1, -0.05) is 0 Å². The van der Waals surface area contributed by atoms with Gasteiger partial charge in [-0.05, 0) is 0 Å². The smallest absolute Gasteiger partial charge is 0.375 e. The van der Waals surface area contributed by atoms with Crippen LogP contribution in [0.2, 0.25) is 0 Å². The minimum atomic E-state index is -4.49. The van der Waals surface area contributed by atoms with Crippen LogP contribution in [-0.4, -0.2) is 38.4 Å². The van der Waals surface area contributed by atoms with Crippen LogP contribution in [0.1, 0.15) is 0 Å². The van der Waals surface area contributed by atoms with Crippen molar-refractivity contribution in [2.45, 2.75) is 12.2 Å². The maximum Gasteiger partial charge on any atom is 0.405 e. The Morgan fingerprint density at radius 1 is 1.62 bits per heavy atom. The molecule has 0 aliphatic carbocycles. The number of alkyl halides is 3. The third-order valence-corrected chi connectivity index (χ3v) is 1.22. The fraction of sp³-hybridized carbons (Fsp3) is 0.833. The molecule has 78 valence electrons. The van der Waals surface area contributed by atoms with E-state index in [1.54, 1.807) is 0 Å². The predicted molar refractivity (Wildman–Crippen MR) is 38.9 cm³/mol. The zero-order valence-corrected chi connectivity index (χ0v) is 7.02. The standard InChI is InChI=1S/C6H11F3N2O2/c1-13-3-5(12)11-2-4(10)6(7,8)9/h4H,2-3,10H2,1H3,(H,11,12). The Morgan fingerprint density at radius 2 is 2.15 bits per heavy atom. The highest BCUT2D eigenvalue weighted by atomic mass is 19.4. The summed E-state index contributed by atoms with van der Waals surface area (Å²) in [5, 5.41) is 1.98. The third kappa shape index (κ3) is 5.42. The first-order chi connectivity index (χ1) is 5.88. The lowest BCUT2D eigenvalue weighted by Gasteiger charge is -2.15. The van der Waals surface area contributed by atoms with Gasteiger partial charge in [0.25, 0.3) is 0 Å². The molecule has 0 bridgehead atoms. The molecule has 1 atom stereocenters. The van der Waals surface area contributed by atoms with Gasteiger partial charge >= 0.3 is 6.18 Å². The predicted octanol–water partition coefficient (Wildman–Crippen LogP) is -0.361. The number of carbonyl (C=O) groups excluding carboxylic acids is 1. The first-order valence-electron chi connectivity index (χ1n) is 3.46. The molecule has 0 spiro atoms. The number of halogens is 3. The second kappa shape index (κ2) is 5.03. The number of hydrogen-bond donors (Lipinski definition) is 2. The van der Waals surface area contributed by atoms with E-state index in [2.05, 4.69) is 4.74 Å². The number of methoxy groups -OCH3 is 1. The number of nitrogens with one attached hydrogen (secondary N) is 1. The first kappa shape index (κ1) is 12.2. The molecule has 1 unspecified atom stereocenters. The maximum atomic E-state index is 11.8. The van der Waals surface area contributed by atoms with Crippen molar-refractivity contribution in [3.8, 4) is 0 Å². The largest absolute Gasteiger partial charge is 0.405 e. The van der Waals surface area contributed by atoms with Crippen LogP contribution in [0.25, 0.3) is 0 Å². The van der Waals surface area contributed by atoms with Gasteiger partial charge in [0.1, 0.15) is 12.6 Å². The molecule has 0 fully saturated rings. The van der Waals surface area contributed by atoms with E-state index in [1.165, 1.54) is 7.11 Å². The van der Waals surface area contributed by atoms with Gasteiger partial charge < -0.3 is 15.8 Å². The molecule has 0 heterocycles. The summed E-state index contributed by atoms with van der Waals surface area (Å²) in [6, 6.07) is -2.03. The Hall–Kier alpha value is -0.820.